The second-order valence-electron chi connectivity index (χ2n) is 5.91. The molecule has 0 atom stereocenters. The van der Waals surface area contributed by atoms with Gasteiger partial charge in [-0.15, -0.1) is 11.3 Å². The number of H-pyrrole nitrogens is 1. The first kappa shape index (κ1) is 15.5. The fourth-order valence-corrected chi connectivity index (χ4v) is 4.17. The van der Waals surface area contributed by atoms with Gasteiger partial charge < -0.3 is 5.32 Å². The van der Waals surface area contributed by atoms with Gasteiger partial charge in [-0.05, 0) is 43.7 Å². The zero-order chi connectivity index (χ0) is 17.6. The van der Waals surface area contributed by atoms with Gasteiger partial charge in [0.15, 0.2) is 5.82 Å². The Kier molecular flexibility index (Phi) is 3.62. The molecular formula is C18H14FN5S. The van der Waals surface area contributed by atoms with Crippen molar-refractivity contribution >= 4 is 37.6 Å². The van der Waals surface area contributed by atoms with Crippen molar-refractivity contribution in [1.82, 2.24) is 15.2 Å². The second kappa shape index (κ2) is 5.83. The van der Waals surface area contributed by atoms with Gasteiger partial charge in [0.25, 0.3) is 0 Å². The number of hydrogen-bond donors (Lipinski definition) is 2. The third-order valence-electron chi connectivity index (χ3n) is 4.10. The van der Waals surface area contributed by atoms with Gasteiger partial charge in [-0.2, -0.15) is 10.4 Å². The van der Waals surface area contributed by atoms with E-state index in [1.807, 2.05) is 19.1 Å². The molecule has 0 aliphatic heterocycles. The van der Waals surface area contributed by atoms with Gasteiger partial charge in [-0.1, -0.05) is 0 Å². The summed E-state index contributed by atoms with van der Waals surface area (Å²) in [7, 11) is 0. The van der Waals surface area contributed by atoms with E-state index in [4.69, 9.17) is 5.26 Å². The molecule has 1 aromatic carbocycles. The number of aromatic amines is 1. The number of anilines is 1. The Hall–Kier alpha value is -2.98. The summed E-state index contributed by atoms with van der Waals surface area (Å²) in [5.41, 5.74) is 3.94. The average molecular weight is 351 g/mol. The van der Waals surface area contributed by atoms with Crippen LogP contribution in [-0.2, 0) is 6.54 Å². The smallest absolute Gasteiger partial charge is 0.166 e. The van der Waals surface area contributed by atoms with Crippen molar-refractivity contribution in [3.8, 4) is 6.07 Å². The summed E-state index contributed by atoms with van der Waals surface area (Å²) in [4.78, 5) is 5.55. The average Bonchev–Trinajstić information content (AvgIpc) is 3.12. The molecule has 0 saturated carbocycles. The molecule has 4 rings (SSSR count). The molecule has 4 aromatic rings. The van der Waals surface area contributed by atoms with Crippen LogP contribution in [0.25, 0.3) is 20.4 Å². The summed E-state index contributed by atoms with van der Waals surface area (Å²) < 4.78 is 14.9. The van der Waals surface area contributed by atoms with Crippen LogP contribution in [0.1, 0.15) is 22.4 Å². The number of aromatic nitrogens is 3. The number of nitrogens with one attached hydrogen (secondary N) is 2. The molecule has 0 bridgehead atoms. The molecule has 0 saturated heterocycles. The summed E-state index contributed by atoms with van der Waals surface area (Å²) >= 11 is 1.56. The maximum Gasteiger partial charge on any atom is 0.166 e. The Bertz CT molecular complexity index is 1150. The highest BCUT2D eigenvalue weighted by molar-refractivity contribution is 7.26. The fourth-order valence-electron chi connectivity index (χ4n) is 2.96. The number of rotatable bonds is 3. The number of nitriles is 1. The SMILES string of the molecule is Cc1cc(C)c2c(n1)sc1c(NCc3cc(C#N)ccc3F)n[nH]c12. The first-order chi connectivity index (χ1) is 12.1. The van der Waals surface area contributed by atoms with Gasteiger partial charge in [0.05, 0.1) is 21.8 Å². The summed E-state index contributed by atoms with van der Waals surface area (Å²) in [5, 5.41) is 20.6. The molecule has 5 nitrogen and oxygen atoms in total. The molecule has 0 fully saturated rings. The van der Waals surface area contributed by atoms with Crippen LogP contribution in [0.2, 0.25) is 0 Å². The van der Waals surface area contributed by atoms with E-state index in [9.17, 15) is 4.39 Å². The van der Waals surface area contributed by atoms with E-state index in [1.54, 1.807) is 17.4 Å². The summed E-state index contributed by atoms with van der Waals surface area (Å²) in [5.74, 6) is 0.319. The summed E-state index contributed by atoms with van der Waals surface area (Å²) in [6.07, 6.45) is 0. The number of pyridine rings is 1. The van der Waals surface area contributed by atoms with E-state index < -0.39 is 0 Å². The lowest BCUT2D eigenvalue weighted by Gasteiger charge is -2.05. The van der Waals surface area contributed by atoms with E-state index >= 15 is 0 Å². The number of aryl methyl sites for hydroxylation is 2. The van der Waals surface area contributed by atoms with Crippen LogP contribution < -0.4 is 5.32 Å². The molecule has 7 heteroatoms. The third-order valence-corrected chi connectivity index (χ3v) is 5.19. The van der Waals surface area contributed by atoms with Crippen LogP contribution in [0, 0.1) is 31.0 Å². The van der Waals surface area contributed by atoms with Crippen LogP contribution in [-0.4, -0.2) is 15.2 Å². The molecule has 0 unspecified atom stereocenters. The normalized spacial score (nSPS) is 11.1. The topological polar surface area (TPSA) is 77.4 Å². The molecule has 3 heterocycles. The van der Waals surface area contributed by atoms with Crippen molar-refractivity contribution in [2.75, 3.05) is 5.32 Å². The van der Waals surface area contributed by atoms with Crippen LogP contribution in [0.4, 0.5) is 10.2 Å². The van der Waals surface area contributed by atoms with Crippen molar-refractivity contribution in [3.63, 3.8) is 0 Å². The summed E-state index contributed by atoms with van der Waals surface area (Å²) in [6.45, 7) is 4.28. The van der Waals surface area contributed by atoms with E-state index in [0.717, 1.165) is 31.7 Å². The van der Waals surface area contributed by atoms with Crippen molar-refractivity contribution in [1.29, 1.82) is 5.26 Å². The van der Waals surface area contributed by atoms with Gasteiger partial charge in [0.2, 0.25) is 0 Å². The van der Waals surface area contributed by atoms with Crippen molar-refractivity contribution < 1.29 is 4.39 Å². The zero-order valence-corrected chi connectivity index (χ0v) is 14.5. The number of benzene rings is 1. The van der Waals surface area contributed by atoms with Gasteiger partial charge in [-0.3, -0.25) is 5.10 Å². The Balaban J connectivity index is 1.71. The predicted molar refractivity (Wildman–Crippen MR) is 97.2 cm³/mol. The standard InChI is InChI=1S/C18H14FN5S/c1-9-5-10(2)22-18-14(9)15-16(25-18)17(24-23-15)21-8-12-6-11(7-20)3-4-13(12)19/h3-6H,8H2,1-2H3,(H2,21,23,24). The fraction of sp³-hybridized carbons (Fsp3) is 0.167. The van der Waals surface area contributed by atoms with Crippen LogP contribution in [0.5, 0.6) is 0 Å². The van der Waals surface area contributed by atoms with Gasteiger partial charge >= 0.3 is 0 Å². The van der Waals surface area contributed by atoms with Gasteiger partial charge in [0, 0.05) is 23.2 Å². The van der Waals surface area contributed by atoms with E-state index in [2.05, 4.69) is 27.4 Å². The largest absolute Gasteiger partial charge is 0.363 e. The van der Waals surface area contributed by atoms with Crippen LogP contribution in [0.3, 0.4) is 0 Å². The highest BCUT2D eigenvalue weighted by Crippen LogP contribution is 2.37. The monoisotopic (exact) mass is 351 g/mol. The van der Waals surface area contributed by atoms with E-state index in [-0.39, 0.29) is 12.4 Å². The molecule has 0 aliphatic rings. The van der Waals surface area contributed by atoms with E-state index in [0.29, 0.717) is 16.9 Å². The minimum absolute atomic E-state index is 0.251. The number of halogens is 1. The summed E-state index contributed by atoms with van der Waals surface area (Å²) in [6, 6.07) is 8.40. The number of fused-ring (bicyclic) bond motifs is 3. The maximum absolute atomic E-state index is 13.9. The lowest BCUT2D eigenvalue weighted by molar-refractivity contribution is 0.612. The molecule has 25 heavy (non-hydrogen) atoms. The lowest BCUT2D eigenvalue weighted by Crippen LogP contribution is -2.02. The predicted octanol–water partition coefficient (Wildman–Crippen LogP) is 4.41. The van der Waals surface area contributed by atoms with Crippen LogP contribution >= 0.6 is 11.3 Å². The maximum atomic E-state index is 13.9. The zero-order valence-electron chi connectivity index (χ0n) is 13.6. The minimum Gasteiger partial charge on any atom is -0.363 e. The van der Waals surface area contributed by atoms with E-state index in [1.165, 1.54) is 12.1 Å². The second-order valence-corrected chi connectivity index (χ2v) is 6.91. The highest BCUT2D eigenvalue weighted by Gasteiger charge is 2.16. The van der Waals surface area contributed by atoms with Gasteiger partial charge in [-0.25, -0.2) is 9.37 Å². The highest BCUT2D eigenvalue weighted by atomic mass is 32.1. The molecular weight excluding hydrogens is 337 g/mol. The molecule has 0 spiro atoms. The van der Waals surface area contributed by atoms with Crippen LogP contribution in [0.15, 0.2) is 24.3 Å². The first-order valence-corrected chi connectivity index (χ1v) is 8.55. The Morgan fingerprint density at radius 3 is 2.96 bits per heavy atom. The number of thiophene rings is 1. The lowest BCUT2D eigenvalue weighted by atomic mass is 10.1. The number of nitrogens with zero attached hydrogens (tertiary/aromatic N) is 3. The van der Waals surface area contributed by atoms with Crippen molar-refractivity contribution in [2.24, 2.45) is 0 Å². The Morgan fingerprint density at radius 1 is 1.32 bits per heavy atom. The van der Waals surface area contributed by atoms with Gasteiger partial charge in [0.1, 0.15) is 10.6 Å². The third kappa shape index (κ3) is 2.61. The molecule has 124 valence electrons. The molecule has 0 aliphatic carbocycles. The molecule has 0 amide bonds. The Labute approximate surface area is 147 Å². The molecule has 0 radical (unpaired) electrons. The minimum atomic E-state index is -0.345. The Morgan fingerprint density at radius 2 is 2.16 bits per heavy atom. The number of hydrogen-bond acceptors (Lipinski definition) is 5. The quantitative estimate of drug-likeness (QED) is 0.573. The van der Waals surface area contributed by atoms with Crippen molar-refractivity contribution in [2.45, 2.75) is 20.4 Å². The first-order valence-electron chi connectivity index (χ1n) is 7.74. The molecule has 3 aromatic heterocycles. The molecule has 2 N–H and O–H groups in total. The van der Waals surface area contributed by atoms with Crippen molar-refractivity contribution in [3.05, 3.63) is 52.5 Å².